The molecule has 178 valence electrons. The quantitative estimate of drug-likeness (QED) is 0.280. The van der Waals surface area contributed by atoms with Crippen molar-refractivity contribution in [2.45, 2.75) is 45.4 Å². The molecule has 1 aromatic heterocycles. The summed E-state index contributed by atoms with van der Waals surface area (Å²) in [5, 5.41) is 15.1. The Kier molecular flexibility index (Phi) is 8.68. The van der Waals surface area contributed by atoms with Crippen molar-refractivity contribution in [3.05, 3.63) is 81.6 Å². The SMILES string of the molecule is C=CCn1c(SCC(=O)Nc2cc(C)c(C)cc2Br)nnc1[C@@H](C)NC(=O)c1ccccc1C. The number of rotatable bonds is 9. The van der Waals surface area contributed by atoms with Gasteiger partial charge in [-0.2, -0.15) is 0 Å². The molecule has 0 fully saturated rings. The Balaban J connectivity index is 1.69. The summed E-state index contributed by atoms with van der Waals surface area (Å²) in [6.07, 6.45) is 1.74. The van der Waals surface area contributed by atoms with Gasteiger partial charge < -0.3 is 15.2 Å². The van der Waals surface area contributed by atoms with Crippen molar-refractivity contribution < 1.29 is 9.59 Å². The molecule has 3 aromatic rings. The number of carbonyl (C=O) groups excluding carboxylic acids is 2. The van der Waals surface area contributed by atoms with E-state index in [1.165, 1.54) is 11.8 Å². The first kappa shape index (κ1) is 25.7. The van der Waals surface area contributed by atoms with Crippen molar-refractivity contribution in [2.75, 3.05) is 11.1 Å². The summed E-state index contributed by atoms with van der Waals surface area (Å²) in [6.45, 7) is 12.1. The van der Waals surface area contributed by atoms with E-state index < -0.39 is 0 Å². The minimum atomic E-state index is -0.380. The molecular weight excluding hydrogens is 514 g/mol. The zero-order valence-electron chi connectivity index (χ0n) is 19.7. The summed E-state index contributed by atoms with van der Waals surface area (Å²) in [5.41, 5.74) is 4.50. The number of hydrogen-bond acceptors (Lipinski definition) is 5. The van der Waals surface area contributed by atoms with Gasteiger partial charge in [-0.25, -0.2) is 0 Å². The van der Waals surface area contributed by atoms with Crippen LogP contribution in [0.2, 0.25) is 0 Å². The number of halogens is 1. The van der Waals surface area contributed by atoms with Gasteiger partial charge in [0.15, 0.2) is 11.0 Å². The summed E-state index contributed by atoms with van der Waals surface area (Å²) in [5.74, 6) is 0.441. The lowest BCUT2D eigenvalue weighted by atomic mass is 10.1. The lowest BCUT2D eigenvalue weighted by Crippen LogP contribution is -2.29. The van der Waals surface area contributed by atoms with Gasteiger partial charge in [0.2, 0.25) is 5.91 Å². The second-order valence-corrected chi connectivity index (χ2v) is 9.80. The lowest BCUT2D eigenvalue weighted by Gasteiger charge is -2.16. The fraction of sp³-hybridized carbons (Fsp3) is 0.280. The van der Waals surface area contributed by atoms with E-state index in [4.69, 9.17) is 0 Å². The Labute approximate surface area is 212 Å². The molecule has 0 saturated heterocycles. The number of nitrogens with one attached hydrogen (secondary N) is 2. The van der Waals surface area contributed by atoms with Crippen LogP contribution in [0.1, 0.15) is 45.8 Å². The van der Waals surface area contributed by atoms with Crippen molar-refractivity contribution in [2.24, 2.45) is 0 Å². The van der Waals surface area contributed by atoms with E-state index in [0.717, 1.165) is 26.9 Å². The van der Waals surface area contributed by atoms with Crippen molar-refractivity contribution in [1.29, 1.82) is 0 Å². The standard InChI is InChI=1S/C25H28BrN5O2S/c1-6-11-31-23(18(5)27-24(33)19-10-8-7-9-15(19)2)29-30-25(31)34-14-22(32)28-21-13-17(4)16(3)12-20(21)26/h6-10,12-13,18H,1,11,14H2,2-5H3,(H,27,33)(H,28,32)/t18-/m1/s1. The van der Waals surface area contributed by atoms with Crippen LogP contribution < -0.4 is 10.6 Å². The van der Waals surface area contributed by atoms with Crippen LogP contribution in [0.5, 0.6) is 0 Å². The van der Waals surface area contributed by atoms with E-state index in [1.807, 2.05) is 62.6 Å². The monoisotopic (exact) mass is 541 g/mol. The smallest absolute Gasteiger partial charge is 0.252 e. The number of thioether (sulfide) groups is 1. The molecule has 1 atom stereocenters. The Hall–Kier alpha value is -2.91. The maximum Gasteiger partial charge on any atom is 0.252 e. The largest absolute Gasteiger partial charge is 0.342 e. The van der Waals surface area contributed by atoms with Crippen LogP contribution in [0.4, 0.5) is 5.69 Å². The van der Waals surface area contributed by atoms with Gasteiger partial charge >= 0.3 is 0 Å². The van der Waals surface area contributed by atoms with E-state index >= 15 is 0 Å². The van der Waals surface area contributed by atoms with Gasteiger partial charge in [0.1, 0.15) is 0 Å². The second kappa shape index (κ2) is 11.5. The Bertz CT molecular complexity index is 1220. The Morgan fingerprint density at radius 2 is 1.85 bits per heavy atom. The average molecular weight is 543 g/mol. The molecule has 2 N–H and O–H groups in total. The number of hydrogen-bond donors (Lipinski definition) is 2. The van der Waals surface area contributed by atoms with Crippen LogP contribution >= 0.6 is 27.7 Å². The van der Waals surface area contributed by atoms with Gasteiger partial charge in [0, 0.05) is 16.6 Å². The molecule has 9 heteroatoms. The van der Waals surface area contributed by atoms with Gasteiger partial charge in [-0.3, -0.25) is 9.59 Å². The third kappa shape index (κ3) is 6.15. The molecule has 0 bridgehead atoms. The lowest BCUT2D eigenvalue weighted by molar-refractivity contribution is -0.113. The number of anilines is 1. The fourth-order valence-electron chi connectivity index (χ4n) is 3.39. The Morgan fingerprint density at radius 1 is 1.15 bits per heavy atom. The van der Waals surface area contributed by atoms with Gasteiger partial charge in [-0.15, -0.1) is 16.8 Å². The number of allylic oxidation sites excluding steroid dienone is 1. The molecule has 1 heterocycles. The minimum Gasteiger partial charge on any atom is -0.342 e. The van der Waals surface area contributed by atoms with Crippen molar-refractivity contribution in [1.82, 2.24) is 20.1 Å². The third-order valence-corrected chi connectivity index (χ3v) is 6.99. The molecule has 2 aromatic carbocycles. The normalized spacial score (nSPS) is 11.7. The molecule has 0 saturated carbocycles. The summed E-state index contributed by atoms with van der Waals surface area (Å²) in [7, 11) is 0. The third-order valence-electron chi connectivity index (χ3n) is 5.37. The molecule has 34 heavy (non-hydrogen) atoms. The van der Waals surface area contributed by atoms with E-state index in [0.29, 0.717) is 23.1 Å². The first-order valence-electron chi connectivity index (χ1n) is 10.8. The maximum atomic E-state index is 12.7. The molecule has 2 amide bonds. The molecule has 7 nitrogen and oxygen atoms in total. The van der Waals surface area contributed by atoms with Crippen LogP contribution in [0.3, 0.4) is 0 Å². The number of carbonyl (C=O) groups is 2. The zero-order chi connectivity index (χ0) is 24.8. The minimum absolute atomic E-state index is 0.149. The molecule has 0 aliphatic rings. The van der Waals surface area contributed by atoms with Crippen LogP contribution in [0, 0.1) is 20.8 Å². The molecule has 3 rings (SSSR count). The van der Waals surface area contributed by atoms with Gasteiger partial charge in [-0.05, 0) is 78.5 Å². The van der Waals surface area contributed by atoms with Crippen LogP contribution in [0.25, 0.3) is 0 Å². The number of aromatic nitrogens is 3. The highest BCUT2D eigenvalue weighted by molar-refractivity contribution is 9.10. The van der Waals surface area contributed by atoms with Crippen LogP contribution in [-0.2, 0) is 11.3 Å². The zero-order valence-corrected chi connectivity index (χ0v) is 22.1. The number of nitrogens with zero attached hydrogens (tertiary/aromatic N) is 3. The van der Waals surface area contributed by atoms with Crippen molar-refractivity contribution >= 4 is 45.2 Å². The molecular formula is C25H28BrN5O2S. The molecule has 0 aliphatic heterocycles. The van der Waals surface area contributed by atoms with E-state index in [2.05, 4.69) is 43.3 Å². The number of benzene rings is 2. The number of amides is 2. The molecule has 0 radical (unpaired) electrons. The van der Waals surface area contributed by atoms with E-state index in [1.54, 1.807) is 12.1 Å². The van der Waals surface area contributed by atoms with Crippen LogP contribution in [0.15, 0.2) is 58.7 Å². The molecule has 0 spiro atoms. The highest BCUT2D eigenvalue weighted by Gasteiger charge is 2.21. The van der Waals surface area contributed by atoms with Crippen molar-refractivity contribution in [3.8, 4) is 0 Å². The molecule has 0 aliphatic carbocycles. The fourth-order valence-corrected chi connectivity index (χ4v) is 4.70. The first-order valence-corrected chi connectivity index (χ1v) is 12.6. The average Bonchev–Trinajstić information content (AvgIpc) is 3.19. The van der Waals surface area contributed by atoms with Crippen molar-refractivity contribution in [3.63, 3.8) is 0 Å². The topological polar surface area (TPSA) is 88.9 Å². The second-order valence-electron chi connectivity index (χ2n) is 8.00. The highest BCUT2D eigenvalue weighted by Crippen LogP contribution is 2.27. The number of aryl methyl sites for hydroxylation is 3. The predicted octanol–water partition coefficient (Wildman–Crippen LogP) is 5.37. The summed E-state index contributed by atoms with van der Waals surface area (Å²) >= 11 is 4.79. The van der Waals surface area contributed by atoms with E-state index in [9.17, 15) is 9.59 Å². The summed E-state index contributed by atoms with van der Waals surface area (Å²) in [4.78, 5) is 25.3. The Morgan fingerprint density at radius 3 is 2.56 bits per heavy atom. The van der Waals surface area contributed by atoms with Gasteiger partial charge in [-0.1, -0.05) is 36.0 Å². The van der Waals surface area contributed by atoms with Gasteiger partial charge in [0.05, 0.1) is 17.5 Å². The highest BCUT2D eigenvalue weighted by atomic mass is 79.9. The summed E-state index contributed by atoms with van der Waals surface area (Å²) < 4.78 is 2.70. The predicted molar refractivity (Wildman–Crippen MR) is 140 cm³/mol. The molecule has 0 unspecified atom stereocenters. The van der Waals surface area contributed by atoms with Gasteiger partial charge in [0.25, 0.3) is 5.91 Å². The van der Waals surface area contributed by atoms with Crippen LogP contribution in [-0.4, -0.2) is 32.3 Å². The van der Waals surface area contributed by atoms with E-state index in [-0.39, 0.29) is 23.6 Å². The first-order chi connectivity index (χ1) is 16.2. The maximum absolute atomic E-state index is 12.7. The summed E-state index contributed by atoms with van der Waals surface area (Å²) in [6, 6.07) is 11.0.